The highest BCUT2D eigenvalue weighted by atomic mass is 32.2. The van der Waals surface area contributed by atoms with Gasteiger partial charge in [-0.1, -0.05) is 37.5 Å². The second kappa shape index (κ2) is 9.42. The highest BCUT2D eigenvalue weighted by Crippen LogP contribution is 2.32. The van der Waals surface area contributed by atoms with Gasteiger partial charge in [0.1, 0.15) is 9.90 Å². The van der Waals surface area contributed by atoms with Gasteiger partial charge in [0, 0.05) is 23.0 Å². The number of carbonyl (C=O) groups is 1. The van der Waals surface area contributed by atoms with Gasteiger partial charge < -0.3 is 4.74 Å². The number of pyridine rings is 1. The van der Waals surface area contributed by atoms with Crippen LogP contribution in [0, 0.1) is 0 Å². The third-order valence-corrected chi connectivity index (χ3v) is 8.26. The zero-order chi connectivity index (χ0) is 21.8. The van der Waals surface area contributed by atoms with Crippen LogP contribution in [0.2, 0.25) is 0 Å². The van der Waals surface area contributed by atoms with Gasteiger partial charge in [-0.3, -0.25) is 4.98 Å². The molecule has 1 aliphatic carbocycles. The number of aromatic nitrogens is 2. The van der Waals surface area contributed by atoms with Gasteiger partial charge in [0.25, 0.3) is 0 Å². The lowest BCUT2D eigenvalue weighted by Crippen LogP contribution is -2.41. The molecule has 1 aliphatic rings. The molecule has 0 aliphatic heterocycles. The molecule has 2 aromatic heterocycles. The normalized spacial score (nSPS) is 15.4. The summed E-state index contributed by atoms with van der Waals surface area (Å²) in [5.74, 6) is -0.490. The molecule has 2 heterocycles. The summed E-state index contributed by atoms with van der Waals surface area (Å²) in [6, 6.07) is 8.78. The first-order chi connectivity index (χ1) is 15.0. The molecule has 0 unspecified atom stereocenters. The molecule has 0 spiro atoms. The van der Waals surface area contributed by atoms with Crippen molar-refractivity contribution in [2.75, 3.05) is 6.61 Å². The molecule has 164 valence electrons. The second-order valence-electron chi connectivity index (χ2n) is 7.52. The molecule has 9 heteroatoms. The first kappa shape index (κ1) is 21.9. The monoisotopic (exact) mass is 459 g/mol. The number of ether oxygens (including phenoxy) is 1. The van der Waals surface area contributed by atoms with E-state index in [1.165, 1.54) is 11.3 Å². The van der Waals surface area contributed by atoms with Crippen LogP contribution in [0.15, 0.2) is 46.8 Å². The van der Waals surface area contributed by atoms with Gasteiger partial charge in [-0.15, -0.1) is 11.3 Å². The minimum atomic E-state index is -3.83. The van der Waals surface area contributed by atoms with Crippen molar-refractivity contribution in [3.05, 3.63) is 52.6 Å². The SMILES string of the molecule is CCOC(=O)c1csc(CN(C2CCCCC2)S(=O)(=O)c2cccc3cccnc23)n1. The maximum absolute atomic E-state index is 13.9. The average Bonchev–Trinajstić information content (AvgIpc) is 3.27. The van der Waals surface area contributed by atoms with Crippen LogP contribution in [-0.4, -0.2) is 41.3 Å². The van der Waals surface area contributed by atoms with Gasteiger partial charge in [-0.05, 0) is 31.9 Å². The minimum absolute atomic E-state index is 0.104. The molecule has 1 aromatic carbocycles. The summed E-state index contributed by atoms with van der Waals surface area (Å²) in [6.45, 7) is 2.13. The molecule has 4 rings (SSSR count). The molecule has 3 aromatic rings. The van der Waals surface area contributed by atoms with E-state index in [1.54, 1.807) is 41.0 Å². The molecule has 0 radical (unpaired) electrons. The standard InChI is InChI=1S/C22H25N3O4S2/c1-2-29-22(26)18-15-30-20(24-18)14-25(17-10-4-3-5-11-17)31(27,28)19-12-6-8-16-9-7-13-23-21(16)19/h6-9,12-13,15,17H,2-5,10-11,14H2,1H3. The maximum Gasteiger partial charge on any atom is 0.357 e. The third kappa shape index (κ3) is 4.63. The van der Waals surface area contributed by atoms with E-state index >= 15 is 0 Å². The predicted molar refractivity (Wildman–Crippen MR) is 119 cm³/mol. The van der Waals surface area contributed by atoms with Crippen LogP contribution in [0.25, 0.3) is 10.9 Å². The number of nitrogens with zero attached hydrogens (tertiary/aromatic N) is 3. The Hall–Kier alpha value is -2.36. The molecular weight excluding hydrogens is 434 g/mol. The second-order valence-corrected chi connectivity index (χ2v) is 10.3. The summed E-state index contributed by atoms with van der Waals surface area (Å²) >= 11 is 1.28. The topological polar surface area (TPSA) is 89.5 Å². The Morgan fingerprint density at radius 1 is 1.19 bits per heavy atom. The van der Waals surface area contributed by atoms with Crippen molar-refractivity contribution in [1.29, 1.82) is 0 Å². The Labute approximate surface area is 186 Å². The lowest BCUT2D eigenvalue weighted by atomic mass is 9.95. The molecular formula is C22H25N3O4S2. The van der Waals surface area contributed by atoms with Gasteiger partial charge in [-0.25, -0.2) is 18.2 Å². The number of hydrogen-bond acceptors (Lipinski definition) is 7. The van der Waals surface area contributed by atoms with Gasteiger partial charge in [-0.2, -0.15) is 4.31 Å². The highest BCUT2D eigenvalue weighted by Gasteiger charge is 2.34. The van der Waals surface area contributed by atoms with Gasteiger partial charge in [0.05, 0.1) is 18.7 Å². The zero-order valence-electron chi connectivity index (χ0n) is 17.4. The van der Waals surface area contributed by atoms with Crippen molar-refractivity contribution in [2.24, 2.45) is 0 Å². The van der Waals surface area contributed by atoms with Crippen molar-refractivity contribution in [1.82, 2.24) is 14.3 Å². The number of carbonyl (C=O) groups excluding carboxylic acids is 1. The van der Waals surface area contributed by atoms with E-state index in [2.05, 4.69) is 9.97 Å². The van der Waals surface area contributed by atoms with E-state index in [1.807, 2.05) is 12.1 Å². The molecule has 0 saturated heterocycles. The number of fused-ring (bicyclic) bond motifs is 1. The number of thiazole rings is 1. The average molecular weight is 460 g/mol. The van der Waals surface area contributed by atoms with Crippen molar-refractivity contribution < 1.29 is 17.9 Å². The van der Waals surface area contributed by atoms with Crippen LogP contribution in [0.5, 0.6) is 0 Å². The smallest absolute Gasteiger partial charge is 0.357 e. The minimum Gasteiger partial charge on any atom is -0.461 e. The van der Waals surface area contributed by atoms with Crippen LogP contribution in [0.1, 0.15) is 54.5 Å². The fraction of sp³-hybridized carbons (Fsp3) is 0.409. The Morgan fingerprint density at radius 2 is 1.97 bits per heavy atom. The Kier molecular flexibility index (Phi) is 6.64. The lowest BCUT2D eigenvalue weighted by molar-refractivity contribution is 0.0520. The molecule has 1 saturated carbocycles. The predicted octanol–water partition coefficient (Wildman–Crippen LogP) is 4.39. The van der Waals surface area contributed by atoms with E-state index in [-0.39, 0.29) is 29.8 Å². The number of sulfonamides is 1. The number of para-hydroxylation sites is 1. The lowest BCUT2D eigenvalue weighted by Gasteiger charge is -2.33. The first-order valence-corrected chi connectivity index (χ1v) is 12.8. The van der Waals surface area contributed by atoms with Gasteiger partial charge >= 0.3 is 5.97 Å². The molecule has 0 N–H and O–H groups in total. The summed E-state index contributed by atoms with van der Waals surface area (Å²) in [5, 5.41) is 2.98. The van der Waals surface area contributed by atoms with E-state index in [0.717, 1.165) is 37.5 Å². The molecule has 1 fully saturated rings. The van der Waals surface area contributed by atoms with E-state index < -0.39 is 16.0 Å². The summed E-state index contributed by atoms with van der Waals surface area (Å²) in [6.07, 6.45) is 6.34. The van der Waals surface area contributed by atoms with Crippen LogP contribution in [-0.2, 0) is 21.3 Å². The largest absolute Gasteiger partial charge is 0.461 e. The summed E-state index contributed by atoms with van der Waals surface area (Å²) in [4.78, 5) is 20.9. The molecule has 0 atom stereocenters. The molecule has 0 amide bonds. The number of rotatable bonds is 7. The maximum atomic E-state index is 13.9. The molecule has 31 heavy (non-hydrogen) atoms. The van der Waals surface area contributed by atoms with E-state index in [0.29, 0.717) is 10.5 Å². The summed E-state index contributed by atoms with van der Waals surface area (Å²) < 4.78 is 34.3. The number of hydrogen-bond donors (Lipinski definition) is 0. The Bertz CT molecular complexity index is 1160. The quantitative estimate of drug-likeness (QED) is 0.487. The summed E-state index contributed by atoms with van der Waals surface area (Å²) in [7, 11) is -3.83. The van der Waals surface area contributed by atoms with Crippen molar-refractivity contribution in [2.45, 2.75) is 56.5 Å². The first-order valence-electron chi connectivity index (χ1n) is 10.5. The van der Waals surface area contributed by atoms with Crippen LogP contribution in [0.4, 0.5) is 0 Å². The molecule has 0 bridgehead atoms. The van der Waals surface area contributed by atoms with Gasteiger partial charge in [0.2, 0.25) is 10.0 Å². The fourth-order valence-electron chi connectivity index (χ4n) is 4.01. The van der Waals surface area contributed by atoms with Crippen LogP contribution in [0.3, 0.4) is 0 Å². The summed E-state index contributed by atoms with van der Waals surface area (Å²) in [5.41, 5.74) is 0.687. The van der Waals surface area contributed by atoms with Crippen molar-refractivity contribution in [3.63, 3.8) is 0 Å². The van der Waals surface area contributed by atoms with E-state index in [4.69, 9.17) is 4.74 Å². The number of benzene rings is 1. The van der Waals surface area contributed by atoms with Crippen LogP contribution >= 0.6 is 11.3 Å². The Morgan fingerprint density at radius 3 is 2.74 bits per heavy atom. The molecule has 7 nitrogen and oxygen atoms in total. The highest BCUT2D eigenvalue weighted by molar-refractivity contribution is 7.89. The fourth-order valence-corrected chi connectivity index (χ4v) is 6.66. The van der Waals surface area contributed by atoms with E-state index in [9.17, 15) is 13.2 Å². The van der Waals surface area contributed by atoms with Crippen molar-refractivity contribution in [3.8, 4) is 0 Å². The number of esters is 1. The van der Waals surface area contributed by atoms with Crippen LogP contribution < -0.4 is 0 Å². The third-order valence-electron chi connectivity index (χ3n) is 5.49. The Balaban J connectivity index is 1.72. The zero-order valence-corrected chi connectivity index (χ0v) is 19.0. The van der Waals surface area contributed by atoms with Gasteiger partial charge in [0.15, 0.2) is 5.69 Å². The van der Waals surface area contributed by atoms with Crippen molar-refractivity contribution >= 4 is 38.2 Å².